The average molecular weight is 506 g/mol. The SMILES string of the molecule is CSCC[C@H](NC(=O)C(CSC(=O)c1ccccc1)Cc1ccccc1)C(=O)OCC(O)CO. The summed E-state index contributed by atoms with van der Waals surface area (Å²) in [6, 6.07) is 17.5. The minimum Gasteiger partial charge on any atom is -0.461 e. The zero-order chi connectivity index (χ0) is 24.8. The van der Waals surface area contributed by atoms with Crippen LogP contribution in [0.25, 0.3) is 0 Å². The van der Waals surface area contributed by atoms with Crippen molar-refractivity contribution >= 4 is 40.5 Å². The van der Waals surface area contributed by atoms with E-state index in [1.807, 2.05) is 42.7 Å². The summed E-state index contributed by atoms with van der Waals surface area (Å²) in [5, 5.41) is 21.0. The lowest BCUT2D eigenvalue weighted by Gasteiger charge is -2.22. The zero-order valence-corrected chi connectivity index (χ0v) is 20.7. The topological polar surface area (TPSA) is 113 Å². The summed E-state index contributed by atoms with van der Waals surface area (Å²) in [6.07, 6.45) is 1.49. The van der Waals surface area contributed by atoms with E-state index in [9.17, 15) is 19.5 Å². The molecule has 34 heavy (non-hydrogen) atoms. The van der Waals surface area contributed by atoms with E-state index in [1.165, 1.54) is 11.8 Å². The number of ether oxygens (including phenoxy) is 1. The summed E-state index contributed by atoms with van der Waals surface area (Å²) >= 11 is 2.60. The second kappa shape index (κ2) is 15.5. The number of carbonyl (C=O) groups is 3. The number of benzene rings is 2. The van der Waals surface area contributed by atoms with Gasteiger partial charge >= 0.3 is 5.97 Å². The molecule has 2 rings (SSSR count). The van der Waals surface area contributed by atoms with Gasteiger partial charge in [-0.3, -0.25) is 9.59 Å². The number of aliphatic hydroxyl groups is 2. The second-order valence-corrected chi connectivity index (χ2v) is 9.64. The summed E-state index contributed by atoms with van der Waals surface area (Å²) in [7, 11) is 0. The molecule has 0 aromatic heterocycles. The first-order chi connectivity index (χ1) is 16.4. The van der Waals surface area contributed by atoms with Gasteiger partial charge in [0.15, 0.2) is 0 Å². The normalized spacial score (nSPS) is 13.5. The monoisotopic (exact) mass is 505 g/mol. The number of hydrogen-bond donors (Lipinski definition) is 3. The van der Waals surface area contributed by atoms with Gasteiger partial charge in [-0.1, -0.05) is 72.4 Å². The third kappa shape index (κ3) is 9.89. The maximum Gasteiger partial charge on any atom is 0.328 e. The largest absolute Gasteiger partial charge is 0.461 e. The molecule has 3 N–H and O–H groups in total. The van der Waals surface area contributed by atoms with Gasteiger partial charge in [0.2, 0.25) is 11.0 Å². The summed E-state index contributed by atoms with van der Waals surface area (Å²) in [6.45, 7) is -0.878. The van der Waals surface area contributed by atoms with Crippen LogP contribution in [0.5, 0.6) is 0 Å². The van der Waals surface area contributed by atoms with Crippen LogP contribution in [0.4, 0.5) is 0 Å². The van der Waals surface area contributed by atoms with Crippen LogP contribution in [0.3, 0.4) is 0 Å². The molecule has 9 heteroatoms. The van der Waals surface area contributed by atoms with Crippen molar-refractivity contribution in [2.24, 2.45) is 5.92 Å². The molecule has 0 heterocycles. The number of nitrogens with one attached hydrogen (secondary N) is 1. The molecule has 0 bridgehead atoms. The van der Waals surface area contributed by atoms with Gasteiger partial charge in [-0.25, -0.2) is 4.79 Å². The first kappa shape index (κ1) is 27.9. The minimum absolute atomic E-state index is 0.122. The van der Waals surface area contributed by atoms with Gasteiger partial charge in [0.05, 0.1) is 12.5 Å². The van der Waals surface area contributed by atoms with Crippen molar-refractivity contribution in [1.82, 2.24) is 5.32 Å². The number of aliphatic hydroxyl groups excluding tert-OH is 2. The summed E-state index contributed by atoms with van der Waals surface area (Å²) in [5.74, 6) is -0.688. The number of hydrogen-bond acceptors (Lipinski definition) is 8. The van der Waals surface area contributed by atoms with E-state index >= 15 is 0 Å². The van der Waals surface area contributed by atoms with E-state index in [-0.39, 0.29) is 23.4 Å². The van der Waals surface area contributed by atoms with Crippen molar-refractivity contribution in [3.63, 3.8) is 0 Å². The molecule has 2 aromatic carbocycles. The van der Waals surface area contributed by atoms with Crippen LogP contribution < -0.4 is 5.32 Å². The molecule has 0 spiro atoms. The van der Waals surface area contributed by atoms with Gasteiger partial charge in [0, 0.05) is 11.3 Å². The number of carbonyl (C=O) groups excluding carboxylic acids is 3. The van der Waals surface area contributed by atoms with Crippen LogP contribution in [-0.4, -0.2) is 70.3 Å². The first-order valence-corrected chi connectivity index (χ1v) is 13.3. The summed E-state index contributed by atoms with van der Waals surface area (Å²) in [4.78, 5) is 38.4. The molecule has 0 radical (unpaired) electrons. The lowest BCUT2D eigenvalue weighted by Crippen LogP contribution is -2.46. The number of rotatable bonds is 14. The quantitative estimate of drug-likeness (QED) is 0.336. The lowest BCUT2D eigenvalue weighted by atomic mass is 9.99. The van der Waals surface area contributed by atoms with Gasteiger partial charge in [-0.05, 0) is 30.4 Å². The van der Waals surface area contributed by atoms with E-state index in [4.69, 9.17) is 9.84 Å². The van der Waals surface area contributed by atoms with Crippen molar-refractivity contribution in [2.45, 2.75) is 25.0 Å². The van der Waals surface area contributed by atoms with Crippen molar-refractivity contribution in [2.75, 3.05) is 31.0 Å². The van der Waals surface area contributed by atoms with Gasteiger partial charge in [0.25, 0.3) is 0 Å². The molecule has 0 saturated carbocycles. The van der Waals surface area contributed by atoms with Crippen LogP contribution in [-0.2, 0) is 20.7 Å². The smallest absolute Gasteiger partial charge is 0.328 e. The number of amides is 1. The molecule has 0 saturated heterocycles. The highest BCUT2D eigenvalue weighted by molar-refractivity contribution is 8.14. The fourth-order valence-electron chi connectivity index (χ4n) is 3.07. The first-order valence-electron chi connectivity index (χ1n) is 11.0. The standard InChI is InChI=1S/C25H31NO6S2/c1-33-13-12-22(24(30)32-16-21(28)15-27)26-23(29)20(14-18-8-4-2-5-9-18)17-34-25(31)19-10-6-3-7-11-19/h2-11,20-22,27-28H,12-17H2,1H3,(H,26,29)/t20?,21?,22-/m0/s1. The Morgan fingerprint density at radius 1 is 1.03 bits per heavy atom. The van der Waals surface area contributed by atoms with Crippen molar-refractivity contribution in [3.05, 3.63) is 71.8 Å². The van der Waals surface area contributed by atoms with Crippen LogP contribution in [0.2, 0.25) is 0 Å². The van der Waals surface area contributed by atoms with Crippen molar-refractivity contribution < 1.29 is 29.3 Å². The molecule has 0 aliphatic heterocycles. The fourth-order valence-corrected chi connectivity index (χ4v) is 4.46. The maximum atomic E-state index is 13.2. The van der Waals surface area contributed by atoms with E-state index < -0.39 is 30.6 Å². The number of esters is 1. The molecular formula is C25H31NO6S2. The van der Waals surface area contributed by atoms with Crippen molar-refractivity contribution in [1.29, 1.82) is 0 Å². The Morgan fingerprint density at radius 2 is 1.68 bits per heavy atom. The molecule has 2 aromatic rings. The molecule has 0 aliphatic carbocycles. The van der Waals surface area contributed by atoms with Crippen molar-refractivity contribution in [3.8, 4) is 0 Å². The van der Waals surface area contributed by atoms with Gasteiger partial charge in [-0.2, -0.15) is 11.8 Å². The predicted molar refractivity (Wildman–Crippen MR) is 136 cm³/mol. The van der Waals surface area contributed by atoms with Crippen LogP contribution in [0.15, 0.2) is 60.7 Å². The number of thioether (sulfide) groups is 2. The Morgan fingerprint density at radius 3 is 2.29 bits per heavy atom. The van der Waals surface area contributed by atoms with E-state index in [0.717, 1.165) is 17.3 Å². The highest BCUT2D eigenvalue weighted by Crippen LogP contribution is 2.20. The average Bonchev–Trinajstić information content (AvgIpc) is 2.87. The molecular weight excluding hydrogens is 474 g/mol. The molecule has 0 fully saturated rings. The highest BCUT2D eigenvalue weighted by atomic mass is 32.2. The summed E-state index contributed by atoms with van der Waals surface area (Å²) in [5.41, 5.74) is 1.51. The van der Waals surface area contributed by atoms with Gasteiger partial charge in [-0.15, -0.1) is 0 Å². The third-order valence-electron chi connectivity index (χ3n) is 4.96. The Balaban J connectivity index is 2.10. The molecule has 3 atom stereocenters. The zero-order valence-electron chi connectivity index (χ0n) is 19.1. The molecule has 7 nitrogen and oxygen atoms in total. The van der Waals surface area contributed by atoms with E-state index in [1.54, 1.807) is 24.3 Å². The van der Waals surface area contributed by atoms with Crippen LogP contribution >= 0.6 is 23.5 Å². The van der Waals surface area contributed by atoms with Gasteiger partial charge < -0.3 is 20.3 Å². The Hall–Kier alpha value is -2.33. The maximum absolute atomic E-state index is 13.2. The fraction of sp³-hybridized carbons (Fsp3) is 0.400. The Bertz CT molecular complexity index is 897. The van der Waals surface area contributed by atoms with Crippen LogP contribution in [0.1, 0.15) is 22.3 Å². The van der Waals surface area contributed by atoms with Gasteiger partial charge in [0.1, 0.15) is 18.8 Å². The molecule has 0 aliphatic rings. The molecule has 2 unspecified atom stereocenters. The van der Waals surface area contributed by atoms with E-state index in [0.29, 0.717) is 24.2 Å². The lowest BCUT2D eigenvalue weighted by molar-refractivity contribution is -0.151. The Kier molecular flexibility index (Phi) is 12.8. The minimum atomic E-state index is -1.17. The second-order valence-electron chi connectivity index (χ2n) is 7.66. The predicted octanol–water partition coefficient (Wildman–Crippen LogP) is 2.55. The highest BCUT2D eigenvalue weighted by Gasteiger charge is 2.28. The van der Waals surface area contributed by atoms with E-state index in [2.05, 4.69) is 5.32 Å². The van der Waals surface area contributed by atoms with Crippen LogP contribution in [0, 0.1) is 5.92 Å². The Labute approximate surface area is 208 Å². The summed E-state index contributed by atoms with van der Waals surface area (Å²) < 4.78 is 5.08. The molecule has 184 valence electrons. The molecule has 1 amide bonds. The third-order valence-corrected chi connectivity index (χ3v) is 6.67.